The number of furan rings is 1. The molecule has 0 spiro atoms. The van der Waals surface area contributed by atoms with E-state index in [9.17, 15) is 13.0 Å². The van der Waals surface area contributed by atoms with Gasteiger partial charge in [-0.05, 0) is 66.3 Å². The monoisotopic (exact) mass is 550 g/mol. The van der Waals surface area contributed by atoms with Crippen LogP contribution in [0.2, 0.25) is 0 Å². The Morgan fingerprint density at radius 2 is 1.45 bits per heavy atom. The number of ether oxygens (including phenoxy) is 1. The fraction of sp³-hybridized carbons (Fsp3) is 0.152. The Morgan fingerprint density at radius 3 is 2.12 bits per heavy atom. The molecule has 0 radical (unpaired) electrons. The Bertz CT molecular complexity index is 1810. The van der Waals surface area contributed by atoms with Crippen molar-refractivity contribution in [2.24, 2.45) is 0 Å². The van der Waals surface area contributed by atoms with Gasteiger partial charge in [0.1, 0.15) is 11.3 Å². The Kier molecular flexibility index (Phi) is 6.92. The SMILES string of the molecule is Cc1c(C=C2Oc3ccc(-c4ccccc4)cc3N2CCCCS(=O)(=O)[O-])oc2ccc(-c3ccccc3)cc12. The first kappa shape index (κ1) is 25.9. The molecular formula is C33H28NO5S-. The summed E-state index contributed by atoms with van der Waals surface area (Å²) in [5, 5.41) is 1.03. The third-order valence-corrected chi connectivity index (χ3v) is 7.99. The molecule has 2 heterocycles. The van der Waals surface area contributed by atoms with Crippen LogP contribution in [0.5, 0.6) is 5.75 Å². The highest BCUT2D eigenvalue weighted by Gasteiger charge is 2.27. The average Bonchev–Trinajstić information content (AvgIpc) is 3.47. The van der Waals surface area contributed by atoms with Gasteiger partial charge in [-0.1, -0.05) is 72.8 Å². The first-order valence-corrected chi connectivity index (χ1v) is 14.8. The second-order valence-electron chi connectivity index (χ2n) is 9.92. The maximum atomic E-state index is 11.2. The number of anilines is 1. The minimum Gasteiger partial charge on any atom is -0.748 e. The molecule has 0 unspecified atom stereocenters. The fourth-order valence-electron chi connectivity index (χ4n) is 5.10. The van der Waals surface area contributed by atoms with Crippen molar-refractivity contribution in [3.63, 3.8) is 0 Å². The highest BCUT2D eigenvalue weighted by atomic mass is 32.2. The summed E-state index contributed by atoms with van der Waals surface area (Å²) in [6.07, 6.45) is 2.68. The predicted molar refractivity (Wildman–Crippen MR) is 158 cm³/mol. The van der Waals surface area contributed by atoms with Crippen LogP contribution in [0.15, 0.2) is 107 Å². The zero-order valence-electron chi connectivity index (χ0n) is 22.0. The minimum atomic E-state index is -4.26. The number of hydrogen-bond acceptors (Lipinski definition) is 6. The van der Waals surface area contributed by atoms with Gasteiger partial charge in [-0.3, -0.25) is 0 Å². The van der Waals surface area contributed by atoms with Gasteiger partial charge in [-0.2, -0.15) is 0 Å². The molecule has 6 nitrogen and oxygen atoms in total. The first-order chi connectivity index (χ1) is 19.4. The lowest BCUT2D eigenvalue weighted by Gasteiger charge is -2.19. The van der Waals surface area contributed by atoms with Crippen molar-refractivity contribution < 1.29 is 22.1 Å². The van der Waals surface area contributed by atoms with Crippen molar-refractivity contribution in [1.82, 2.24) is 0 Å². The van der Waals surface area contributed by atoms with Crippen LogP contribution < -0.4 is 9.64 Å². The average molecular weight is 551 g/mol. The van der Waals surface area contributed by atoms with Gasteiger partial charge in [0.15, 0.2) is 5.75 Å². The Hall–Kier alpha value is -4.33. The van der Waals surface area contributed by atoms with E-state index in [-0.39, 0.29) is 12.2 Å². The molecule has 0 saturated heterocycles. The van der Waals surface area contributed by atoms with Gasteiger partial charge in [-0.25, -0.2) is 8.42 Å². The third kappa shape index (κ3) is 5.39. The summed E-state index contributed by atoms with van der Waals surface area (Å²) in [5.74, 6) is 1.61. The standard InChI is InChI=1S/C33H29NO5S/c1-23-28-20-26(24-10-4-2-5-11-24)14-16-30(28)38-32(23)22-33-34(18-8-9-19-40(35,36)37)29-21-27(15-17-31(29)39-33)25-12-6-3-7-13-25/h2-7,10-17,20-22H,8-9,18-19H2,1H3,(H,35,36,37)/p-1. The van der Waals surface area contributed by atoms with Crippen LogP contribution in [0.25, 0.3) is 39.3 Å². The number of fused-ring (bicyclic) bond motifs is 2. The van der Waals surface area contributed by atoms with Gasteiger partial charge >= 0.3 is 0 Å². The smallest absolute Gasteiger partial charge is 0.204 e. The van der Waals surface area contributed by atoms with Crippen molar-refractivity contribution in [3.8, 4) is 28.0 Å². The molecule has 1 aliphatic heterocycles. The topological polar surface area (TPSA) is 82.8 Å². The van der Waals surface area contributed by atoms with E-state index in [1.165, 1.54) is 0 Å². The second kappa shape index (κ2) is 10.7. The zero-order chi connectivity index (χ0) is 27.7. The predicted octanol–water partition coefficient (Wildman–Crippen LogP) is 7.60. The van der Waals surface area contributed by atoms with Gasteiger partial charge in [0, 0.05) is 29.3 Å². The largest absolute Gasteiger partial charge is 0.748 e. The maximum Gasteiger partial charge on any atom is 0.204 e. The summed E-state index contributed by atoms with van der Waals surface area (Å²) >= 11 is 0. The minimum absolute atomic E-state index is 0.273. The van der Waals surface area contributed by atoms with Crippen LogP contribution >= 0.6 is 0 Å². The van der Waals surface area contributed by atoms with E-state index >= 15 is 0 Å². The number of hydrogen-bond donors (Lipinski definition) is 0. The highest BCUT2D eigenvalue weighted by molar-refractivity contribution is 7.85. The van der Waals surface area contributed by atoms with Gasteiger partial charge < -0.3 is 18.6 Å². The molecule has 4 aromatic carbocycles. The zero-order valence-corrected chi connectivity index (χ0v) is 22.9. The summed E-state index contributed by atoms with van der Waals surface area (Å²) in [7, 11) is -4.26. The molecule has 0 saturated carbocycles. The van der Waals surface area contributed by atoms with E-state index in [2.05, 4.69) is 42.5 Å². The van der Waals surface area contributed by atoms with Crippen molar-refractivity contribution in [3.05, 3.63) is 114 Å². The number of rotatable bonds is 8. The molecule has 6 rings (SSSR count). The number of unbranched alkanes of at least 4 members (excludes halogenated alkanes) is 1. The molecule has 40 heavy (non-hydrogen) atoms. The van der Waals surface area contributed by atoms with Crippen LogP contribution in [0.4, 0.5) is 5.69 Å². The van der Waals surface area contributed by atoms with Crippen LogP contribution in [-0.4, -0.2) is 25.3 Å². The summed E-state index contributed by atoms with van der Waals surface area (Å²) in [6.45, 7) is 2.52. The lowest BCUT2D eigenvalue weighted by Crippen LogP contribution is -2.22. The maximum absolute atomic E-state index is 11.2. The van der Waals surface area contributed by atoms with Gasteiger partial charge in [0.25, 0.3) is 0 Å². The van der Waals surface area contributed by atoms with Crippen LogP contribution in [-0.2, 0) is 10.1 Å². The van der Waals surface area contributed by atoms with Crippen LogP contribution in [0, 0.1) is 6.92 Å². The number of benzene rings is 4. The Labute approximate surface area is 233 Å². The molecule has 0 amide bonds. The van der Waals surface area contributed by atoms with Gasteiger partial charge in [-0.15, -0.1) is 0 Å². The van der Waals surface area contributed by atoms with Crippen LogP contribution in [0.1, 0.15) is 24.2 Å². The summed E-state index contributed by atoms with van der Waals surface area (Å²) in [6, 6.07) is 32.6. The Balaban J connectivity index is 1.35. The van der Waals surface area contributed by atoms with E-state index in [1.54, 1.807) is 0 Å². The quantitative estimate of drug-likeness (QED) is 0.146. The number of aryl methyl sites for hydroxylation is 1. The molecule has 0 bridgehead atoms. The van der Waals surface area contributed by atoms with E-state index in [1.807, 2.05) is 72.5 Å². The van der Waals surface area contributed by atoms with Crippen molar-refractivity contribution >= 4 is 32.9 Å². The summed E-state index contributed by atoms with van der Waals surface area (Å²) < 4.78 is 46.0. The highest BCUT2D eigenvalue weighted by Crippen LogP contribution is 2.43. The molecule has 0 fully saturated rings. The lowest BCUT2D eigenvalue weighted by molar-refractivity contribution is 0.439. The number of nitrogens with zero attached hydrogens (tertiary/aromatic N) is 1. The first-order valence-electron chi connectivity index (χ1n) is 13.2. The van der Waals surface area contributed by atoms with E-state index < -0.39 is 10.1 Å². The molecular weight excluding hydrogens is 522 g/mol. The molecule has 202 valence electrons. The summed E-state index contributed by atoms with van der Waals surface area (Å²) in [4.78, 5) is 2.03. The van der Waals surface area contributed by atoms with E-state index in [0.29, 0.717) is 30.4 Å². The van der Waals surface area contributed by atoms with Crippen molar-refractivity contribution in [2.45, 2.75) is 19.8 Å². The Morgan fingerprint density at radius 1 is 0.800 bits per heavy atom. The van der Waals surface area contributed by atoms with Crippen molar-refractivity contribution in [1.29, 1.82) is 0 Å². The van der Waals surface area contributed by atoms with E-state index in [4.69, 9.17) is 9.15 Å². The lowest BCUT2D eigenvalue weighted by atomic mass is 10.0. The molecule has 0 atom stereocenters. The van der Waals surface area contributed by atoms with Gasteiger partial charge in [0.05, 0.1) is 15.8 Å². The molecule has 1 aliphatic rings. The van der Waals surface area contributed by atoms with Gasteiger partial charge in [0.2, 0.25) is 5.88 Å². The third-order valence-electron chi connectivity index (χ3n) is 7.20. The molecule has 0 aliphatic carbocycles. The summed E-state index contributed by atoms with van der Waals surface area (Å²) in [5.41, 5.74) is 7.06. The van der Waals surface area contributed by atoms with Crippen molar-refractivity contribution in [2.75, 3.05) is 17.2 Å². The molecule has 0 N–H and O–H groups in total. The second-order valence-corrected chi connectivity index (χ2v) is 11.4. The fourth-order valence-corrected chi connectivity index (χ4v) is 5.66. The normalized spacial score (nSPS) is 14.1. The molecule has 7 heteroatoms. The molecule has 1 aromatic heterocycles. The van der Waals surface area contributed by atoms with E-state index in [0.717, 1.165) is 44.5 Å². The molecule has 5 aromatic rings. The van der Waals surface area contributed by atoms with Crippen LogP contribution in [0.3, 0.4) is 0 Å².